The number of aryl methyl sites for hydroxylation is 2. The Labute approximate surface area is 188 Å². The van der Waals surface area contributed by atoms with Gasteiger partial charge >= 0.3 is 0 Å². The lowest BCUT2D eigenvalue weighted by Crippen LogP contribution is -1.98. The molecule has 0 aromatic heterocycles. The molecule has 0 spiro atoms. The molecule has 0 aliphatic carbocycles. The van der Waals surface area contributed by atoms with Crippen LogP contribution in [-0.4, -0.2) is 18.2 Å². The third kappa shape index (κ3) is 6.50. The van der Waals surface area contributed by atoms with Crippen molar-refractivity contribution >= 4 is 44.9 Å². The summed E-state index contributed by atoms with van der Waals surface area (Å²) in [5.74, 6) is 0. The summed E-state index contributed by atoms with van der Waals surface area (Å²) in [6, 6.07) is 16.2. The van der Waals surface area contributed by atoms with Gasteiger partial charge in [-0.3, -0.25) is 4.55 Å². The highest BCUT2D eigenvalue weighted by molar-refractivity contribution is 7.94. The normalized spacial score (nSPS) is 12.1. The zero-order valence-corrected chi connectivity index (χ0v) is 18.5. The second-order valence-corrected chi connectivity index (χ2v) is 8.70. The summed E-state index contributed by atoms with van der Waals surface area (Å²) in [6.07, 6.45) is 0. The fourth-order valence-corrected chi connectivity index (χ4v) is 3.62. The minimum atomic E-state index is -4.58. The van der Waals surface area contributed by atoms with Gasteiger partial charge in [0.2, 0.25) is 0 Å². The summed E-state index contributed by atoms with van der Waals surface area (Å²) in [5.41, 5.74) is 3.17. The Bertz CT molecular complexity index is 1260. The van der Waals surface area contributed by atoms with Crippen molar-refractivity contribution in [3.8, 4) is 0 Å². The van der Waals surface area contributed by atoms with E-state index in [1.54, 1.807) is 30.3 Å². The minimum Gasteiger partial charge on any atom is -0.282 e. The zero-order valence-electron chi connectivity index (χ0n) is 16.9. The van der Waals surface area contributed by atoms with Crippen molar-refractivity contribution in [2.75, 3.05) is 0 Å². The van der Waals surface area contributed by atoms with Gasteiger partial charge in [0, 0.05) is 4.90 Å². The Morgan fingerprint density at radius 3 is 2.09 bits per heavy atom. The van der Waals surface area contributed by atoms with Gasteiger partial charge in [0.15, 0.2) is 0 Å². The van der Waals surface area contributed by atoms with Crippen LogP contribution in [0, 0.1) is 13.8 Å². The van der Waals surface area contributed by atoms with Gasteiger partial charge in [-0.1, -0.05) is 22.7 Å². The second-order valence-electron chi connectivity index (χ2n) is 6.54. The molecule has 0 aliphatic rings. The van der Waals surface area contributed by atoms with E-state index in [1.165, 1.54) is 12.1 Å². The van der Waals surface area contributed by atoms with Crippen LogP contribution < -0.4 is 0 Å². The van der Waals surface area contributed by atoms with Crippen LogP contribution in [0.15, 0.2) is 90.9 Å². The highest BCUT2D eigenvalue weighted by Crippen LogP contribution is 2.32. The van der Waals surface area contributed by atoms with Crippen molar-refractivity contribution in [3.63, 3.8) is 0 Å². The van der Waals surface area contributed by atoms with Gasteiger partial charge in [-0.15, -0.1) is 9.45 Å². The fraction of sp³-hybridized carbons (Fsp3) is 0.100. The summed E-state index contributed by atoms with van der Waals surface area (Å²) in [7, 11) is -4.58. The first-order chi connectivity index (χ1) is 15.3. The van der Waals surface area contributed by atoms with Crippen LogP contribution in [-0.2, 0) is 19.5 Å². The maximum absolute atomic E-state index is 11.9. The molecule has 3 aromatic carbocycles. The van der Waals surface area contributed by atoms with Crippen molar-refractivity contribution < 1.29 is 27.6 Å². The van der Waals surface area contributed by atoms with Crippen LogP contribution in [0.4, 0.5) is 22.7 Å². The molecule has 166 valence electrons. The Hall–Kier alpha value is -3.00. The first-order valence-electron chi connectivity index (χ1n) is 9.03. The first-order valence-corrected chi connectivity index (χ1v) is 11.2. The molecule has 12 heteroatoms. The van der Waals surface area contributed by atoms with E-state index in [2.05, 4.69) is 29.8 Å². The minimum absolute atomic E-state index is 0.0288. The topological polar surface area (TPSA) is 142 Å². The second kappa shape index (κ2) is 10.5. The molecule has 0 aliphatic heterocycles. The van der Waals surface area contributed by atoms with Gasteiger partial charge in [-0.25, -0.2) is 5.26 Å². The van der Waals surface area contributed by atoms with Crippen LogP contribution in [0.3, 0.4) is 0 Å². The van der Waals surface area contributed by atoms with Gasteiger partial charge in [0.05, 0.1) is 29.1 Å². The number of benzene rings is 3. The van der Waals surface area contributed by atoms with E-state index in [4.69, 9.17) is 5.26 Å². The van der Waals surface area contributed by atoms with E-state index in [0.29, 0.717) is 16.3 Å². The molecular formula is C20H18N4O6S2. The van der Waals surface area contributed by atoms with Crippen LogP contribution in [0.2, 0.25) is 0 Å². The summed E-state index contributed by atoms with van der Waals surface area (Å²) in [6.45, 7) is 3.82. The van der Waals surface area contributed by atoms with Crippen molar-refractivity contribution in [2.24, 2.45) is 20.5 Å². The Morgan fingerprint density at radius 1 is 0.812 bits per heavy atom. The van der Waals surface area contributed by atoms with Crippen molar-refractivity contribution in [3.05, 3.63) is 71.8 Å². The lowest BCUT2D eigenvalue weighted by Gasteiger charge is -2.04. The molecule has 0 atom stereocenters. The maximum Gasteiger partial charge on any atom is 0.296 e. The quantitative estimate of drug-likeness (QED) is 0.120. The third-order valence-corrected chi connectivity index (χ3v) is 5.59. The summed E-state index contributed by atoms with van der Waals surface area (Å²) in [5, 5.41) is 27.8. The van der Waals surface area contributed by atoms with Crippen LogP contribution >= 0.6 is 12.0 Å². The Balaban J connectivity index is 1.85. The average Bonchev–Trinajstić information content (AvgIpc) is 2.76. The molecule has 0 radical (unpaired) electrons. The van der Waals surface area contributed by atoms with Gasteiger partial charge in [0.25, 0.3) is 10.1 Å². The molecule has 2 N–H and O–H groups in total. The predicted molar refractivity (Wildman–Crippen MR) is 118 cm³/mol. The van der Waals surface area contributed by atoms with E-state index in [0.717, 1.165) is 29.2 Å². The molecule has 0 heterocycles. The van der Waals surface area contributed by atoms with Gasteiger partial charge in [-0.2, -0.15) is 23.8 Å². The highest BCUT2D eigenvalue weighted by Gasteiger charge is 2.17. The molecule has 0 fully saturated rings. The molecule has 0 amide bonds. The monoisotopic (exact) mass is 474 g/mol. The van der Waals surface area contributed by atoms with Crippen molar-refractivity contribution in [1.82, 2.24) is 0 Å². The molecule has 0 unspecified atom stereocenters. The molecule has 3 aromatic rings. The summed E-state index contributed by atoms with van der Waals surface area (Å²) < 4.78 is 37.7. The lowest BCUT2D eigenvalue weighted by atomic mass is 10.1. The van der Waals surface area contributed by atoms with Gasteiger partial charge < -0.3 is 0 Å². The van der Waals surface area contributed by atoms with E-state index in [1.807, 2.05) is 26.0 Å². The van der Waals surface area contributed by atoms with E-state index >= 15 is 0 Å². The molecule has 32 heavy (non-hydrogen) atoms. The standard InChI is InChI=1S/C20H18N4O6S2/c1-13-3-9-18(14(2)11-13)23-24-19-10-6-16(12-20(19)32(26,27)28)22-21-15-4-7-17(8-5-15)31-30-29-25/h3-12,25H,1-2H3,(H,26,27,28). The largest absolute Gasteiger partial charge is 0.296 e. The van der Waals surface area contributed by atoms with Crippen molar-refractivity contribution in [1.29, 1.82) is 0 Å². The zero-order chi connectivity index (χ0) is 23.1. The SMILES string of the molecule is Cc1ccc(N=Nc2ccc(N=Nc3ccc(SOOO)cc3)cc2S(=O)(=O)O)c(C)c1. The lowest BCUT2D eigenvalue weighted by molar-refractivity contribution is -0.432. The molecule has 0 bridgehead atoms. The van der Waals surface area contributed by atoms with Gasteiger partial charge in [-0.05, 0) is 67.9 Å². The number of hydrogen-bond donors (Lipinski definition) is 2. The van der Waals surface area contributed by atoms with E-state index in [9.17, 15) is 13.0 Å². The maximum atomic E-state index is 11.9. The molecule has 0 saturated heterocycles. The molecule has 3 rings (SSSR count). The van der Waals surface area contributed by atoms with E-state index in [-0.39, 0.29) is 11.4 Å². The van der Waals surface area contributed by atoms with Crippen LogP contribution in [0.25, 0.3) is 0 Å². The fourth-order valence-electron chi connectivity index (χ4n) is 2.62. The molecule has 0 saturated carbocycles. The number of rotatable bonds is 8. The summed E-state index contributed by atoms with van der Waals surface area (Å²) in [4.78, 5) is 0.209. The van der Waals surface area contributed by atoms with Crippen LogP contribution in [0.5, 0.6) is 0 Å². The highest BCUT2D eigenvalue weighted by atomic mass is 32.2. The number of hydrogen-bond acceptors (Lipinski definition) is 10. The van der Waals surface area contributed by atoms with Crippen molar-refractivity contribution in [2.45, 2.75) is 23.6 Å². The third-order valence-electron chi connectivity index (χ3n) is 4.12. The Morgan fingerprint density at radius 2 is 1.44 bits per heavy atom. The number of nitrogens with zero attached hydrogens (tertiary/aromatic N) is 4. The van der Waals surface area contributed by atoms with Gasteiger partial charge in [0.1, 0.15) is 10.6 Å². The molecule has 10 nitrogen and oxygen atoms in total. The van der Waals surface area contributed by atoms with Crippen LogP contribution in [0.1, 0.15) is 11.1 Å². The first kappa shape index (κ1) is 23.7. The average molecular weight is 475 g/mol. The summed E-state index contributed by atoms with van der Waals surface area (Å²) >= 11 is 0.796. The number of azo groups is 2. The predicted octanol–water partition coefficient (Wildman–Crippen LogP) is 6.81. The smallest absolute Gasteiger partial charge is 0.282 e. The molecular weight excluding hydrogens is 456 g/mol. The Kier molecular flexibility index (Phi) is 7.80. The van der Waals surface area contributed by atoms with E-state index < -0.39 is 15.0 Å².